The normalized spacial score (nSPS) is 14.3. The number of thiophene rings is 1. The number of halogens is 3. The third-order valence-electron chi connectivity index (χ3n) is 4.16. The summed E-state index contributed by atoms with van der Waals surface area (Å²) >= 11 is 1.23. The summed E-state index contributed by atoms with van der Waals surface area (Å²) in [5.74, 6) is -0.900. The van der Waals surface area contributed by atoms with Crippen molar-refractivity contribution in [2.24, 2.45) is 0 Å². The SMILES string of the molecule is COC(=O)c1cc(C)sc1NC(=O)CCn1nc(C(F)(F)F)cc1C1CC1. The van der Waals surface area contributed by atoms with Crippen LogP contribution in [0.3, 0.4) is 0 Å². The molecule has 0 aliphatic heterocycles. The molecule has 10 heteroatoms. The Morgan fingerprint density at radius 2 is 2.07 bits per heavy atom. The maximum Gasteiger partial charge on any atom is 0.435 e. The zero-order valence-corrected chi connectivity index (χ0v) is 15.5. The van der Waals surface area contributed by atoms with E-state index in [1.807, 2.05) is 0 Å². The minimum absolute atomic E-state index is 0.0334. The summed E-state index contributed by atoms with van der Waals surface area (Å²) < 4.78 is 44.7. The van der Waals surface area contributed by atoms with Crippen LogP contribution in [0.5, 0.6) is 0 Å². The first-order valence-electron chi connectivity index (χ1n) is 8.32. The molecule has 2 aromatic rings. The Balaban J connectivity index is 1.68. The molecule has 0 radical (unpaired) electrons. The highest BCUT2D eigenvalue weighted by Crippen LogP contribution is 2.42. The number of rotatable bonds is 6. The van der Waals surface area contributed by atoms with Gasteiger partial charge in [0.1, 0.15) is 5.00 Å². The van der Waals surface area contributed by atoms with E-state index in [0.717, 1.165) is 23.8 Å². The molecule has 1 aliphatic rings. The number of aryl methyl sites for hydroxylation is 2. The van der Waals surface area contributed by atoms with Gasteiger partial charge in [-0.2, -0.15) is 18.3 Å². The number of carbonyl (C=O) groups excluding carboxylic acids is 2. The molecular formula is C17H18F3N3O3S. The average Bonchev–Trinajstić information content (AvgIpc) is 3.23. The van der Waals surface area contributed by atoms with E-state index in [4.69, 9.17) is 0 Å². The number of ether oxygens (including phenoxy) is 1. The van der Waals surface area contributed by atoms with Crippen molar-refractivity contribution in [3.63, 3.8) is 0 Å². The molecule has 27 heavy (non-hydrogen) atoms. The standard InChI is InChI=1S/C17H18F3N3O3S/c1-9-7-11(16(25)26-2)15(27-9)21-14(24)5-6-23-12(10-3-4-10)8-13(22-23)17(18,19)20/h7-8,10H,3-6H2,1-2H3,(H,21,24). The second-order valence-corrected chi connectivity index (χ2v) is 7.60. The predicted octanol–water partition coefficient (Wildman–Crippen LogP) is 3.96. The van der Waals surface area contributed by atoms with Gasteiger partial charge in [0, 0.05) is 29.5 Å². The van der Waals surface area contributed by atoms with Gasteiger partial charge >= 0.3 is 12.1 Å². The van der Waals surface area contributed by atoms with Crippen LogP contribution in [0.2, 0.25) is 0 Å². The summed E-state index contributed by atoms with van der Waals surface area (Å²) in [6.07, 6.45) is -2.92. The number of esters is 1. The van der Waals surface area contributed by atoms with Crippen molar-refractivity contribution < 1.29 is 27.5 Å². The Labute approximate surface area is 157 Å². The van der Waals surface area contributed by atoms with Gasteiger partial charge in [-0.15, -0.1) is 11.3 Å². The van der Waals surface area contributed by atoms with Gasteiger partial charge < -0.3 is 10.1 Å². The highest BCUT2D eigenvalue weighted by Gasteiger charge is 2.37. The molecule has 2 aromatic heterocycles. The molecule has 1 amide bonds. The minimum atomic E-state index is -4.51. The number of aromatic nitrogens is 2. The van der Waals surface area contributed by atoms with Crippen molar-refractivity contribution in [1.82, 2.24) is 9.78 Å². The average molecular weight is 401 g/mol. The summed E-state index contributed by atoms with van der Waals surface area (Å²) in [5, 5.41) is 6.62. The zero-order valence-electron chi connectivity index (χ0n) is 14.7. The topological polar surface area (TPSA) is 73.2 Å². The Hall–Kier alpha value is -2.36. The second kappa shape index (κ2) is 7.34. The first-order chi connectivity index (χ1) is 12.7. The molecule has 0 bridgehead atoms. The number of methoxy groups -OCH3 is 1. The summed E-state index contributed by atoms with van der Waals surface area (Å²) in [6, 6.07) is 2.67. The van der Waals surface area contributed by atoms with Crippen molar-refractivity contribution in [2.75, 3.05) is 12.4 Å². The third-order valence-corrected chi connectivity index (χ3v) is 5.13. The summed E-state index contributed by atoms with van der Waals surface area (Å²) in [4.78, 5) is 24.8. The van der Waals surface area contributed by atoms with Crippen LogP contribution in [-0.4, -0.2) is 28.8 Å². The van der Waals surface area contributed by atoms with Crippen molar-refractivity contribution in [3.8, 4) is 0 Å². The predicted molar refractivity (Wildman–Crippen MR) is 92.8 cm³/mol. The minimum Gasteiger partial charge on any atom is -0.465 e. The van der Waals surface area contributed by atoms with Gasteiger partial charge in [-0.05, 0) is 31.9 Å². The summed E-state index contributed by atoms with van der Waals surface area (Å²) in [6.45, 7) is 1.82. The second-order valence-electron chi connectivity index (χ2n) is 6.34. The van der Waals surface area contributed by atoms with Crippen molar-refractivity contribution >= 4 is 28.2 Å². The molecule has 1 saturated carbocycles. The number of alkyl halides is 3. The molecule has 3 rings (SSSR count). The summed E-state index contributed by atoms with van der Waals surface area (Å²) in [5.41, 5.74) is -0.172. The number of hydrogen-bond donors (Lipinski definition) is 1. The van der Waals surface area contributed by atoms with E-state index in [9.17, 15) is 22.8 Å². The Bertz CT molecular complexity index is 869. The largest absolute Gasteiger partial charge is 0.465 e. The van der Waals surface area contributed by atoms with Crippen LogP contribution in [0.4, 0.5) is 18.2 Å². The van der Waals surface area contributed by atoms with Crippen molar-refractivity contribution in [3.05, 3.63) is 34.0 Å². The lowest BCUT2D eigenvalue weighted by molar-refractivity contribution is -0.141. The molecule has 6 nitrogen and oxygen atoms in total. The number of carbonyl (C=O) groups is 2. The third kappa shape index (κ3) is 4.49. The molecule has 2 heterocycles. The van der Waals surface area contributed by atoms with Gasteiger partial charge in [0.2, 0.25) is 5.91 Å². The molecule has 0 unspecified atom stereocenters. The fourth-order valence-electron chi connectivity index (χ4n) is 2.72. The number of nitrogens with zero attached hydrogens (tertiary/aromatic N) is 2. The fraction of sp³-hybridized carbons (Fsp3) is 0.471. The van der Waals surface area contributed by atoms with Gasteiger partial charge in [-0.25, -0.2) is 4.79 Å². The lowest BCUT2D eigenvalue weighted by Crippen LogP contribution is -2.17. The lowest BCUT2D eigenvalue weighted by atomic mass is 10.2. The number of amides is 1. The maximum atomic E-state index is 12.9. The van der Waals surface area contributed by atoms with Crippen molar-refractivity contribution in [1.29, 1.82) is 0 Å². The first kappa shape index (κ1) is 19.4. The first-order valence-corrected chi connectivity index (χ1v) is 9.14. The van der Waals surface area contributed by atoms with E-state index < -0.39 is 23.7 Å². The Morgan fingerprint density at radius 1 is 1.37 bits per heavy atom. The van der Waals surface area contributed by atoms with Crippen LogP contribution in [0.25, 0.3) is 0 Å². The van der Waals surface area contributed by atoms with Gasteiger partial charge in [-0.1, -0.05) is 0 Å². The number of anilines is 1. The maximum absolute atomic E-state index is 12.9. The van der Waals surface area contributed by atoms with Crippen LogP contribution in [0, 0.1) is 6.92 Å². The van der Waals surface area contributed by atoms with E-state index in [2.05, 4.69) is 15.2 Å². The van der Waals surface area contributed by atoms with Gasteiger partial charge in [0.15, 0.2) is 5.69 Å². The monoisotopic (exact) mass is 401 g/mol. The van der Waals surface area contributed by atoms with Crippen LogP contribution in [-0.2, 0) is 22.3 Å². The molecule has 1 aliphatic carbocycles. The number of nitrogens with one attached hydrogen (secondary N) is 1. The van der Waals surface area contributed by atoms with Crippen LogP contribution in [0.15, 0.2) is 12.1 Å². The van der Waals surface area contributed by atoms with Gasteiger partial charge in [0.25, 0.3) is 0 Å². The molecule has 1 N–H and O–H groups in total. The van der Waals surface area contributed by atoms with E-state index in [1.54, 1.807) is 13.0 Å². The van der Waals surface area contributed by atoms with E-state index in [0.29, 0.717) is 10.7 Å². The molecule has 0 saturated heterocycles. The highest BCUT2D eigenvalue weighted by atomic mass is 32.1. The summed E-state index contributed by atoms with van der Waals surface area (Å²) in [7, 11) is 1.25. The Kier molecular flexibility index (Phi) is 5.27. The molecule has 0 spiro atoms. The smallest absolute Gasteiger partial charge is 0.435 e. The van der Waals surface area contributed by atoms with Crippen LogP contribution >= 0.6 is 11.3 Å². The Morgan fingerprint density at radius 3 is 2.67 bits per heavy atom. The van der Waals surface area contributed by atoms with Crippen LogP contribution < -0.4 is 5.32 Å². The van der Waals surface area contributed by atoms with E-state index in [-0.39, 0.29) is 24.4 Å². The molecule has 0 atom stereocenters. The lowest BCUT2D eigenvalue weighted by Gasteiger charge is -2.08. The van der Waals surface area contributed by atoms with Crippen LogP contribution in [0.1, 0.15) is 51.8 Å². The van der Waals surface area contributed by atoms with E-state index in [1.165, 1.54) is 23.1 Å². The molecule has 146 valence electrons. The number of hydrogen-bond acceptors (Lipinski definition) is 5. The van der Waals surface area contributed by atoms with Gasteiger partial charge in [-0.3, -0.25) is 9.48 Å². The van der Waals surface area contributed by atoms with Crippen molar-refractivity contribution in [2.45, 2.75) is 44.8 Å². The molecule has 1 fully saturated rings. The molecular weight excluding hydrogens is 383 g/mol. The molecule has 0 aromatic carbocycles. The highest BCUT2D eigenvalue weighted by molar-refractivity contribution is 7.16. The quantitative estimate of drug-likeness (QED) is 0.744. The van der Waals surface area contributed by atoms with Gasteiger partial charge in [0.05, 0.1) is 12.7 Å². The fourth-order valence-corrected chi connectivity index (χ4v) is 3.64. The van der Waals surface area contributed by atoms with E-state index >= 15 is 0 Å². The zero-order chi connectivity index (χ0) is 19.8.